The van der Waals surface area contributed by atoms with Crippen molar-refractivity contribution in [3.63, 3.8) is 0 Å². The third-order valence-corrected chi connectivity index (χ3v) is 4.62. The zero-order valence-corrected chi connectivity index (χ0v) is 19.1. The van der Waals surface area contributed by atoms with Crippen LogP contribution in [0.15, 0.2) is 35.3 Å². The third-order valence-electron chi connectivity index (χ3n) is 4.62. The van der Waals surface area contributed by atoms with Crippen LogP contribution in [0.1, 0.15) is 31.7 Å². The Balaban J connectivity index is 0.00000364. The molecule has 0 saturated carbocycles. The molecule has 0 aromatic heterocycles. The summed E-state index contributed by atoms with van der Waals surface area (Å²) in [5, 5.41) is 6.82. The lowest BCUT2D eigenvalue weighted by atomic mass is 10.0. The molecule has 0 radical (unpaired) electrons. The van der Waals surface area contributed by atoms with Gasteiger partial charge in [0.1, 0.15) is 0 Å². The second-order valence-corrected chi connectivity index (χ2v) is 6.98. The van der Waals surface area contributed by atoms with Crippen LogP contribution in [-0.2, 0) is 11.3 Å². The molecule has 0 atom stereocenters. The number of aliphatic imine (C=N–C) groups is 1. The first-order valence-electron chi connectivity index (χ1n) is 9.59. The van der Waals surface area contributed by atoms with Crippen molar-refractivity contribution in [2.45, 2.75) is 38.8 Å². The van der Waals surface area contributed by atoms with Gasteiger partial charge in [-0.15, -0.1) is 24.0 Å². The fourth-order valence-corrected chi connectivity index (χ4v) is 3.08. The Morgan fingerprint density at radius 3 is 2.48 bits per heavy atom. The number of amides is 1. The van der Waals surface area contributed by atoms with Crippen molar-refractivity contribution in [2.24, 2.45) is 4.99 Å². The number of guanidine groups is 1. The molecule has 1 aliphatic rings. The Morgan fingerprint density at radius 2 is 1.89 bits per heavy atom. The smallest absolute Gasteiger partial charge is 0.223 e. The molecular formula is C20H34IN5O. The van der Waals surface area contributed by atoms with E-state index < -0.39 is 0 Å². The van der Waals surface area contributed by atoms with Crippen LogP contribution in [0.3, 0.4) is 0 Å². The highest BCUT2D eigenvalue weighted by molar-refractivity contribution is 14.0. The van der Waals surface area contributed by atoms with Gasteiger partial charge in [-0.05, 0) is 25.3 Å². The fraction of sp³-hybridized carbons (Fsp3) is 0.600. The van der Waals surface area contributed by atoms with Crippen molar-refractivity contribution in [1.82, 2.24) is 20.4 Å². The molecule has 1 aromatic rings. The van der Waals surface area contributed by atoms with E-state index in [-0.39, 0.29) is 29.9 Å². The molecule has 2 rings (SSSR count). The monoisotopic (exact) mass is 487 g/mol. The SMILES string of the molecule is CCNC(=NCCC(=O)N(C)C)NC1CCN(Cc2ccccc2)CC1.I. The lowest BCUT2D eigenvalue weighted by Crippen LogP contribution is -2.48. The second kappa shape index (κ2) is 12.9. The van der Waals surface area contributed by atoms with Gasteiger partial charge >= 0.3 is 0 Å². The van der Waals surface area contributed by atoms with Crippen molar-refractivity contribution in [1.29, 1.82) is 0 Å². The van der Waals surface area contributed by atoms with E-state index in [1.165, 1.54) is 5.56 Å². The standard InChI is InChI=1S/C20H33N5O.HI/c1-4-21-20(22-13-10-19(26)24(2)3)23-18-11-14-25(15-12-18)16-17-8-6-5-7-9-17;/h5-9,18H,4,10-16H2,1-3H3,(H2,21,22,23);1H. The Kier molecular flexibility index (Phi) is 11.3. The maximum absolute atomic E-state index is 11.7. The molecule has 1 aromatic carbocycles. The van der Waals surface area contributed by atoms with Gasteiger partial charge in [-0.3, -0.25) is 14.7 Å². The van der Waals surface area contributed by atoms with Crippen LogP contribution in [0.4, 0.5) is 0 Å². The van der Waals surface area contributed by atoms with E-state index in [1.807, 2.05) is 0 Å². The van der Waals surface area contributed by atoms with Gasteiger partial charge in [0.15, 0.2) is 5.96 Å². The zero-order valence-electron chi connectivity index (χ0n) is 16.8. The molecule has 27 heavy (non-hydrogen) atoms. The first-order chi connectivity index (χ1) is 12.6. The summed E-state index contributed by atoms with van der Waals surface area (Å²) in [5.74, 6) is 0.930. The zero-order chi connectivity index (χ0) is 18.8. The van der Waals surface area contributed by atoms with Crippen molar-refractivity contribution in [2.75, 3.05) is 40.3 Å². The number of hydrogen-bond donors (Lipinski definition) is 2. The summed E-state index contributed by atoms with van der Waals surface area (Å²) in [6.07, 6.45) is 2.65. The van der Waals surface area contributed by atoms with Crippen LogP contribution in [0.25, 0.3) is 0 Å². The molecule has 1 heterocycles. The van der Waals surface area contributed by atoms with Crippen molar-refractivity contribution in [3.8, 4) is 0 Å². The minimum absolute atomic E-state index is 0. The molecule has 6 nitrogen and oxygen atoms in total. The summed E-state index contributed by atoms with van der Waals surface area (Å²) in [6, 6.07) is 11.1. The van der Waals surface area contributed by atoms with E-state index in [0.29, 0.717) is 19.0 Å². The highest BCUT2D eigenvalue weighted by Crippen LogP contribution is 2.13. The normalized spacial score (nSPS) is 15.7. The third kappa shape index (κ3) is 8.92. The van der Waals surface area contributed by atoms with Crippen LogP contribution >= 0.6 is 24.0 Å². The molecule has 0 spiro atoms. The summed E-state index contributed by atoms with van der Waals surface area (Å²) in [7, 11) is 3.55. The Bertz CT molecular complexity index is 571. The molecule has 0 bridgehead atoms. The summed E-state index contributed by atoms with van der Waals surface area (Å²) < 4.78 is 0. The number of piperidine rings is 1. The van der Waals surface area contributed by atoms with Gasteiger partial charge in [0.2, 0.25) is 5.91 Å². The van der Waals surface area contributed by atoms with Gasteiger partial charge in [0.25, 0.3) is 0 Å². The van der Waals surface area contributed by atoms with E-state index in [9.17, 15) is 4.79 Å². The number of likely N-dealkylation sites (tertiary alicyclic amines) is 1. The maximum atomic E-state index is 11.7. The number of nitrogens with one attached hydrogen (secondary N) is 2. The summed E-state index contributed by atoms with van der Waals surface area (Å²) >= 11 is 0. The number of rotatable bonds is 7. The van der Waals surface area contributed by atoms with Crippen molar-refractivity contribution < 1.29 is 4.79 Å². The van der Waals surface area contributed by atoms with Gasteiger partial charge in [-0.1, -0.05) is 30.3 Å². The van der Waals surface area contributed by atoms with Crippen molar-refractivity contribution >= 4 is 35.8 Å². The fourth-order valence-electron chi connectivity index (χ4n) is 3.08. The molecular weight excluding hydrogens is 453 g/mol. The van der Waals surface area contributed by atoms with Gasteiger partial charge in [-0.2, -0.15) is 0 Å². The van der Waals surface area contributed by atoms with Gasteiger partial charge in [-0.25, -0.2) is 0 Å². The van der Waals surface area contributed by atoms with Crippen LogP contribution in [0.2, 0.25) is 0 Å². The molecule has 7 heteroatoms. The summed E-state index contributed by atoms with van der Waals surface area (Å²) in [6.45, 7) is 6.59. The van der Waals surface area contributed by atoms with Crippen LogP contribution in [0, 0.1) is 0 Å². The van der Waals surface area contributed by atoms with Crippen LogP contribution in [0.5, 0.6) is 0 Å². The van der Waals surface area contributed by atoms with E-state index in [2.05, 4.69) is 57.8 Å². The maximum Gasteiger partial charge on any atom is 0.223 e. The Morgan fingerprint density at radius 1 is 1.22 bits per heavy atom. The van der Waals surface area contributed by atoms with E-state index in [1.54, 1.807) is 19.0 Å². The van der Waals surface area contributed by atoms with Gasteiger partial charge < -0.3 is 15.5 Å². The number of carbonyl (C=O) groups excluding carboxylic acids is 1. The number of benzene rings is 1. The van der Waals surface area contributed by atoms with E-state index >= 15 is 0 Å². The number of halogens is 1. The minimum atomic E-state index is 0. The highest BCUT2D eigenvalue weighted by Gasteiger charge is 2.20. The largest absolute Gasteiger partial charge is 0.357 e. The molecule has 152 valence electrons. The number of carbonyl (C=O) groups is 1. The molecule has 1 aliphatic heterocycles. The molecule has 1 saturated heterocycles. The molecule has 2 N–H and O–H groups in total. The summed E-state index contributed by atoms with van der Waals surface area (Å²) in [5.41, 5.74) is 1.37. The topological polar surface area (TPSA) is 60.0 Å². The number of nitrogens with zero attached hydrogens (tertiary/aromatic N) is 3. The quantitative estimate of drug-likeness (QED) is 0.352. The summed E-state index contributed by atoms with van der Waals surface area (Å²) in [4.78, 5) is 20.3. The first kappa shape index (κ1) is 23.7. The van der Waals surface area contributed by atoms with Crippen LogP contribution < -0.4 is 10.6 Å². The highest BCUT2D eigenvalue weighted by atomic mass is 127. The first-order valence-corrected chi connectivity index (χ1v) is 9.59. The lowest BCUT2D eigenvalue weighted by molar-refractivity contribution is -0.128. The van der Waals surface area contributed by atoms with Crippen molar-refractivity contribution in [3.05, 3.63) is 35.9 Å². The van der Waals surface area contributed by atoms with Gasteiger partial charge in [0, 0.05) is 52.7 Å². The Hall–Kier alpha value is -1.35. The predicted molar refractivity (Wildman–Crippen MR) is 123 cm³/mol. The lowest BCUT2D eigenvalue weighted by Gasteiger charge is -2.33. The average molecular weight is 487 g/mol. The number of hydrogen-bond acceptors (Lipinski definition) is 3. The predicted octanol–water partition coefficient (Wildman–Crippen LogP) is 2.30. The minimum Gasteiger partial charge on any atom is -0.357 e. The molecule has 0 aliphatic carbocycles. The van der Waals surface area contributed by atoms with Gasteiger partial charge in [0.05, 0.1) is 6.54 Å². The molecule has 1 amide bonds. The molecule has 1 fully saturated rings. The van der Waals surface area contributed by atoms with E-state index in [4.69, 9.17) is 0 Å². The second-order valence-electron chi connectivity index (χ2n) is 6.98. The van der Waals surface area contributed by atoms with Crippen LogP contribution in [-0.4, -0.2) is 68.0 Å². The molecule has 0 unspecified atom stereocenters. The Labute approximate surface area is 180 Å². The van der Waals surface area contributed by atoms with E-state index in [0.717, 1.165) is 45.0 Å². The average Bonchev–Trinajstić information content (AvgIpc) is 2.64.